The Kier molecular flexibility index (Phi) is 5.61. The zero-order chi connectivity index (χ0) is 23.6. The number of anilines is 1. The second-order valence-electron chi connectivity index (χ2n) is 6.78. The van der Waals surface area contributed by atoms with E-state index in [1.54, 1.807) is 6.07 Å². The predicted molar refractivity (Wildman–Crippen MR) is 112 cm³/mol. The van der Waals surface area contributed by atoms with Crippen molar-refractivity contribution in [2.24, 2.45) is 0 Å². The molecule has 2 aromatic heterocycles. The number of fused-ring (bicyclic) bond motifs is 1. The summed E-state index contributed by atoms with van der Waals surface area (Å²) < 4.78 is 44.3. The molecule has 0 spiro atoms. The normalized spacial score (nSPS) is 11.2. The van der Waals surface area contributed by atoms with E-state index >= 15 is 0 Å². The van der Waals surface area contributed by atoms with Gasteiger partial charge in [0.15, 0.2) is 0 Å². The van der Waals surface area contributed by atoms with Crippen LogP contribution in [-0.4, -0.2) is 20.8 Å². The number of amides is 1. The summed E-state index contributed by atoms with van der Waals surface area (Å²) in [5.41, 5.74) is -0.378. The SMILES string of the molecule is O=C(Nc1cc(C(F)(F)F)ccn1)c1ccc(Oc2ccnc3ccc([N+](=O)[O-])cc23)cc1. The van der Waals surface area contributed by atoms with Gasteiger partial charge in [0.05, 0.1) is 16.0 Å². The monoisotopic (exact) mass is 454 g/mol. The van der Waals surface area contributed by atoms with Gasteiger partial charge >= 0.3 is 6.18 Å². The molecule has 166 valence electrons. The van der Waals surface area contributed by atoms with Gasteiger partial charge in [0.1, 0.15) is 17.3 Å². The van der Waals surface area contributed by atoms with Gasteiger partial charge in [-0.05, 0) is 48.5 Å². The Morgan fingerprint density at radius 2 is 1.70 bits per heavy atom. The van der Waals surface area contributed by atoms with Crippen molar-refractivity contribution in [2.45, 2.75) is 6.18 Å². The average molecular weight is 454 g/mol. The number of benzene rings is 2. The van der Waals surface area contributed by atoms with E-state index in [1.165, 1.54) is 48.7 Å². The van der Waals surface area contributed by atoms with Gasteiger partial charge in [-0.1, -0.05) is 0 Å². The van der Waals surface area contributed by atoms with Crippen molar-refractivity contribution < 1.29 is 27.6 Å². The van der Waals surface area contributed by atoms with Crippen LogP contribution in [0.5, 0.6) is 11.5 Å². The van der Waals surface area contributed by atoms with Crippen molar-refractivity contribution in [3.63, 3.8) is 0 Å². The molecule has 0 aliphatic rings. The summed E-state index contributed by atoms with van der Waals surface area (Å²) in [6, 6.07) is 13.1. The van der Waals surface area contributed by atoms with E-state index in [0.29, 0.717) is 22.4 Å². The molecular formula is C22H13F3N4O4. The number of nitro benzene ring substituents is 1. The van der Waals surface area contributed by atoms with Crippen LogP contribution in [0.4, 0.5) is 24.7 Å². The van der Waals surface area contributed by atoms with E-state index in [9.17, 15) is 28.1 Å². The smallest absolute Gasteiger partial charge is 0.416 e. The fraction of sp³-hybridized carbons (Fsp3) is 0.0455. The van der Waals surface area contributed by atoms with Crippen molar-refractivity contribution in [2.75, 3.05) is 5.32 Å². The van der Waals surface area contributed by atoms with E-state index in [0.717, 1.165) is 18.3 Å². The molecular weight excluding hydrogens is 441 g/mol. The van der Waals surface area contributed by atoms with Gasteiger partial charge in [-0.3, -0.25) is 19.9 Å². The standard InChI is InChI=1S/C22H13F3N4O4/c23-22(24,25)14-7-9-27-20(11-14)28-21(30)13-1-4-16(5-2-13)33-19-8-10-26-18-6-3-15(29(31)32)12-17(18)19/h1-12H,(H,27,28,30). The first-order valence-electron chi connectivity index (χ1n) is 9.36. The minimum atomic E-state index is -4.56. The number of nitrogens with zero attached hydrogens (tertiary/aromatic N) is 3. The lowest BCUT2D eigenvalue weighted by Gasteiger charge is -2.10. The lowest BCUT2D eigenvalue weighted by Crippen LogP contribution is -2.14. The van der Waals surface area contributed by atoms with Gasteiger partial charge in [0.2, 0.25) is 0 Å². The maximum atomic E-state index is 12.8. The molecule has 0 saturated heterocycles. The van der Waals surface area contributed by atoms with Crippen LogP contribution in [0.15, 0.2) is 73.1 Å². The molecule has 0 aliphatic carbocycles. The molecule has 2 aromatic carbocycles. The molecule has 0 saturated carbocycles. The largest absolute Gasteiger partial charge is 0.457 e. The number of non-ortho nitro benzene ring substituents is 1. The van der Waals surface area contributed by atoms with E-state index in [-0.39, 0.29) is 17.1 Å². The van der Waals surface area contributed by atoms with Crippen molar-refractivity contribution in [3.05, 3.63) is 94.3 Å². The second kappa shape index (κ2) is 8.54. The van der Waals surface area contributed by atoms with E-state index in [4.69, 9.17) is 4.74 Å². The first-order valence-corrected chi connectivity index (χ1v) is 9.36. The van der Waals surface area contributed by atoms with Gasteiger partial charge in [0, 0.05) is 35.5 Å². The number of ether oxygens (including phenoxy) is 1. The summed E-state index contributed by atoms with van der Waals surface area (Å²) >= 11 is 0. The van der Waals surface area contributed by atoms with Crippen LogP contribution in [0.3, 0.4) is 0 Å². The molecule has 33 heavy (non-hydrogen) atoms. The third-order valence-corrected chi connectivity index (χ3v) is 4.57. The van der Waals surface area contributed by atoms with Crippen LogP contribution in [0.2, 0.25) is 0 Å². The van der Waals surface area contributed by atoms with Gasteiger partial charge in [-0.2, -0.15) is 13.2 Å². The quantitative estimate of drug-likeness (QED) is 0.311. The number of pyridine rings is 2. The Balaban J connectivity index is 1.52. The highest BCUT2D eigenvalue weighted by Gasteiger charge is 2.30. The van der Waals surface area contributed by atoms with Gasteiger partial charge in [0.25, 0.3) is 11.6 Å². The molecule has 0 atom stereocenters. The molecule has 4 aromatic rings. The Labute approximate surface area is 183 Å². The summed E-state index contributed by atoms with van der Waals surface area (Å²) in [6.07, 6.45) is -2.11. The van der Waals surface area contributed by atoms with Crippen LogP contribution in [0.25, 0.3) is 10.9 Å². The van der Waals surface area contributed by atoms with Crippen LogP contribution in [0, 0.1) is 10.1 Å². The fourth-order valence-corrected chi connectivity index (χ4v) is 2.98. The number of carbonyl (C=O) groups is 1. The number of hydrogen-bond donors (Lipinski definition) is 1. The minimum Gasteiger partial charge on any atom is -0.457 e. The number of nitro groups is 1. The number of carbonyl (C=O) groups excluding carboxylic acids is 1. The highest BCUT2D eigenvalue weighted by molar-refractivity contribution is 6.03. The number of hydrogen-bond acceptors (Lipinski definition) is 6. The molecule has 0 bridgehead atoms. The molecule has 8 nitrogen and oxygen atoms in total. The van der Waals surface area contributed by atoms with Crippen LogP contribution < -0.4 is 10.1 Å². The molecule has 1 amide bonds. The maximum absolute atomic E-state index is 12.8. The summed E-state index contributed by atoms with van der Waals surface area (Å²) in [5, 5.41) is 13.8. The topological polar surface area (TPSA) is 107 Å². The highest BCUT2D eigenvalue weighted by Crippen LogP contribution is 2.32. The summed E-state index contributed by atoms with van der Waals surface area (Å²) in [4.78, 5) is 30.8. The van der Waals surface area contributed by atoms with Gasteiger partial charge in [-0.15, -0.1) is 0 Å². The Hall–Kier alpha value is -4.54. The number of rotatable bonds is 5. The van der Waals surface area contributed by atoms with Crippen LogP contribution in [0.1, 0.15) is 15.9 Å². The van der Waals surface area contributed by atoms with Crippen LogP contribution in [-0.2, 0) is 6.18 Å². The number of nitrogens with one attached hydrogen (secondary N) is 1. The van der Waals surface area contributed by atoms with E-state index < -0.39 is 22.6 Å². The molecule has 0 unspecified atom stereocenters. The number of aromatic nitrogens is 2. The van der Waals surface area contributed by atoms with Crippen molar-refractivity contribution >= 4 is 28.3 Å². The lowest BCUT2D eigenvalue weighted by atomic mass is 10.1. The zero-order valence-corrected chi connectivity index (χ0v) is 16.5. The van der Waals surface area contributed by atoms with E-state index in [1.807, 2.05) is 0 Å². The fourth-order valence-electron chi connectivity index (χ4n) is 2.98. The summed E-state index contributed by atoms with van der Waals surface area (Å²) in [6.45, 7) is 0. The molecule has 0 radical (unpaired) electrons. The number of halogens is 3. The Bertz CT molecular complexity index is 1360. The third kappa shape index (κ3) is 4.87. The lowest BCUT2D eigenvalue weighted by molar-refractivity contribution is -0.384. The second-order valence-corrected chi connectivity index (χ2v) is 6.78. The van der Waals surface area contributed by atoms with Crippen molar-refractivity contribution in [1.82, 2.24) is 9.97 Å². The molecule has 0 fully saturated rings. The molecule has 11 heteroatoms. The third-order valence-electron chi connectivity index (χ3n) is 4.57. The molecule has 4 rings (SSSR count). The van der Waals surface area contributed by atoms with Crippen molar-refractivity contribution in [3.8, 4) is 11.5 Å². The Morgan fingerprint density at radius 3 is 2.39 bits per heavy atom. The van der Waals surface area contributed by atoms with Gasteiger partial charge in [-0.25, -0.2) is 4.98 Å². The number of alkyl halides is 3. The first-order chi connectivity index (χ1) is 15.7. The molecule has 2 heterocycles. The average Bonchev–Trinajstić information content (AvgIpc) is 2.79. The predicted octanol–water partition coefficient (Wildman–Crippen LogP) is 5.60. The van der Waals surface area contributed by atoms with Crippen LogP contribution >= 0.6 is 0 Å². The molecule has 0 aliphatic heterocycles. The summed E-state index contributed by atoms with van der Waals surface area (Å²) in [5.74, 6) is -0.227. The Morgan fingerprint density at radius 1 is 0.970 bits per heavy atom. The zero-order valence-electron chi connectivity index (χ0n) is 16.5. The molecule has 1 N–H and O–H groups in total. The van der Waals surface area contributed by atoms with Crippen molar-refractivity contribution in [1.29, 1.82) is 0 Å². The van der Waals surface area contributed by atoms with E-state index in [2.05, 4.69) is 15.3 Å². The maximum Gasteiger partial charge on any atom is 0.416 e. The minimum absolute atomic E-state index is 0.115. The summed E-state index contributed by atoms with van der Waals surface area (Å²) in [7, 11) is 0. The van der Waals surface area contributed by atoms with Gasteiger partial charge < -0.3 is 10.1 Å². The highest BCUT2D eigenvalue weighted by atomic mass is 19.4. The first kappa shape index (κ1) is 21.7.